The van der Waals surface area contributed by atoms with Gasteiger partial charge in [-0.25, -0.2) is 4.39 Å². The molecule has 2 aliphatic rings. The summed E-state index contributed by atoms with van der Waals surface area (Å²) in [7, 11) is 1.45. The first-order chi connectivity index (χ1) is 10.1. The molecular formula is C16H20FNO2S. The summed E-state index contributed by atoms with van der Waals surface area (Å²) < 4.78 is 18.3. The Morgan fingerprint density at radius 1 is 1.43 bits per heavy atom. The van der Waals surface area contributed by atoms with E-state index in [2.05, 4.69) is 5.32 Å². The lowest BCUT2D eigenvalue weighted by Gasteiger charge is -2.27. The van der Waals surface area contributed by atoms with Gasteiger partial charge in [-0.05, 0) is 50.3 Å². The average molecular weight is 309 g/mol. The zero-order valence-electron chi connectivity index (χ0n) is 12.1. The van der Waals surface area contributed by atoms with Crippen molar-refractivity contribution in [3.8, 4) is 0 Å². The molecule has 3 nitrogen and oxygen atoms in total. The number of esters is 1. The Hall–Kier alpha value is -1.07. The topological polar surface area (TPSA) is 38.3 Å². The number of nitrogens with one attached hydrogen (secondary N) is 1. The molecule has 2 aliphatic carbocycles. The molecular weight excluding hydrogens is 289 g/mol. The van der Waals surface area contributed by atoms with Gasteiger partial charge in [0.15, 0.2) is 0 Å². The second-order valence-corrected chi connectivity index (χ2v) is 7.31. The smallest absolute Gasteiger partial charge is 0.326 e. The zero-order chi connectivity index (χ0) is 14.9. The summed E-state index contributed by atoms with van der Waals surface area (Å²) in [5.41, 5.74) is -0.541. The molecule has 1 aromatic carbocycles. The Kier molecular flexibility index (Phi) is 4.22. The van der Waals surface area contributed by atoms with Crippen molar-refractivity contribution in [1.29, 1.82) is 0 Å². The third-order valence-electron chi connectivity index (χ3n) is 4.20. The Morgan fingerprint density at radius 3 is 2.90 bits per heavy atom. The van der Waals surface area contributed by atoms with Gasteiger partial charge in [-0.3, -0.25) is 10.1 Å². The summed E-state index contributed by atoms with van der Waals surface area (Å²) in [6.07, 6.45) is 4.76. The molecule has 21 heavy (non-hydrogen) atoms. The van der Waals surface area contributed by atoms with Crippen LogP contribution in [0.4, 0.5) is 4.39 Å². The summed E-state index contributed by atoms with van der Waals surface area (Å²) in [6.45, 7) is 0. The second-order valence-electron chi connectivity index (χ2n) is 5.93. The van der Waals surface area contributed by atoms with Crippen molar-refractivity contribution in [2.24, 2.45) is 0 Å². The molecule has 114 valence electrons. The monoisotopic (exact) mass is 309 g/mol. The highest BCUT2D eigenvalue weighted by molar-refractivity contribution is 8.00. The largest absolute Gasteiger partial charge is 0.468 e. The molecule has 5 heteroatoms. The van der Waals surface area contributed by atoms with Crippen molar-refractivity contribution < 1.29 is 13.9 Å². The van der Waals surface area contributed by atoms with Crippen molar-refractivity contribution >= 4 is 17.7 Å². The number of thioether (sulfide) groups is 1. The van der Waals surface area contributed by atoms with Gasteiger partial charge in [-0.2, -0.15) is 0 Å². The molecule has 0 aliphatic heterocycles. The molecule has 2 unspecified atom stereocenters. The number of hydrogen-bond donors (Lipinski definition) is 1. The number of hydrogen-bond acceptors (Lipinski definition) is 4. The molecule has 0 radical (unpaired) electrons. The van der Waals surface area contributed by atoms with Gasteiger partial charge in [0.05, 0.1) is 7.11 Å². The lowest BCUT2D eigenvalue weighted by Crippen LogP contribution is -2.52. The average Bonchev–Trinajstić information content (AvgIpc) is 3.18. The molecule has 0 bridgehead atoms. The van der Waals surface area contributed by atoms with Crippen molar-refractivity contribution in [2.75, 3.05) is 7.11 Å². The summed E-state index contributed by atoms with van der Waals surface area (Å²) in [6, 6.07) is 7.11. The highest BCUT2D eigenvalue weighted by Crippen LogP contribution is 2.42. The van der Waals surface area contributed by atoms with Crippen molar-refractivity contribution in [1.82, 2.24) is 5.32 Å². The number of methoxy groups -OCH3 is 1. The molecule has 0 amide bonds. The number of benzene rings is 1. The van der Waals surface area contributed by atoms with Gasteiger partial charge in [0.25, 0.3) is 0 Å². The molecule has 2 atom stereocenters. The molecule has 2 fully saturated rings. The lowest BCUT2D eigenvalue weighted by atomic mass is 9.97. The van der Waals surface area contributed by atoms with Gasteiger partial charge in [0.1, 0.15) is 11.4 Å². The van der Waals surface area contributed by atoms with E-state index in [1.54, 1.807) is 23.9 Å². The SMILES string of the molecule is COC(=O)C1(NC2CC2)CCC(Sc2cccc(F)c2)C1. The van der Waals surface area contributed by atoms with Gasteiger partial charge in [-0.1, -0.05) is 6.07 Å². The van der Waals surface area contributed by atoms with Gasteiger partial charge >= 0.3 is 5.97 Å². The van der Waals surface area contributed by atoms with Crippen LogP contribution in [0.2, 0.25) is 0 Å². The van der Waals surface area contributed by atoms with Crippen LogP contribution in [0.3, 0.4) is 0 Å². The number of carbonyl (C=O) groups excluding carboxylic acids is 1. The van der Waals surface area contributed by atoms with Crippen LogP contribution < -0.4 is 5.32 Å². The maximum atomic E-state index is 13.3. The Bertz CT molecular complexity index is 535. The van der Waals surface area contributed by atoms with Crippen LogP contribution in [0.25, 0.3) is 0 Å². The van der Waals surface area contributed by atoms with Crippen molar-refractivity contribution in [2.45, 2.75) is 53.8 Å². The maximum Gasteiger partial charge on any atom is 0.326 e. The van der Waals surface area contributed by atoms with Crippen LogP contribution in [0.1, 0.15) is 32.1 Å². The molecule has 1 aromatic rings. The van der Waals surface area contributed by atoms with Gasteiger partial charge < -0.3 is 4.74 Å². The minimum atomic E-state index is -0.541. The number of rotatable bonds is 5. The fourth-order valence-corrected chi connectivity index (χ4v) is 4.35. The quantitative estimate of drug-likeness (QED) is 0.848. The van der Waals surface area contributed by atoms with Crippen LogP contribution in [0.15, 0.2) is 29.2 Å². The van der Waals surface area contributed by atoms with Crippen LogP contribution in [0, 0.1) is 5.82 Å². The van der Waals surface area contributed by atoms with Gasteiger partial charge in [0.2, 0.25) is 0 Å². The van der Waals surface area contributed by atoms with E-state index in [4.69, 9.17) is 4.74 Å². The van der Waals surface area contributed by atoms with Crippen molar-refractivity contribution in [3.05, 3.63) is 30.1 Å². The first-order valence-corrected chi connectivity index (χ1v) is 8.28. The molecule has 3 rings (SSSR count). The van der Waals surface area contributed by atoms with E-state index in [-0.39, 0.29) is 11.8 Å². The normalized spacial score (nSPS) is 28.6. The predicted octanol–water partition coefficient (Wildman–Crippen LogP) is 3.13. The minimum absolute atomic E-state index is 0.156. The minimum Gasteiger partial charge on any atom is -0.468 e. The van der Waals surface area contributed by atoms with Gasteiger partial charge in [-0.15, -0.1) is 11.8 Å². The van der Waals surface area contributed by atoms with E-state index in [9.17, 15) is 9.18 Å². The Morgan fingerprint density at radius 2 is 2.24 bits per heavy atom. The number of halogens is 1. The maximum absolute atomic E-state index is 13.3. The van der Waals surface area contributed by atoms with E-state index in [1.807, 2.05) is 6.07 Å². The molecule has 2 saturated carbocycles. The van der Waals surface area contributed by atoms with Crippen LogP contribution >= 0.6 is 11.8 Å². The zero-order valence-corrected chi connectivity index (χ0v) is 12.9. The molecule has 0 aromatic heterocycles. The molecule has 1 N–H and O–H groups in total. The summed E-state index contributed by atoms with van der Waals surface area (Å²) in [4.78, 5) is 13.1. The van der Waals surface area contributed by atoms with E-state index in [0.29, 0.717) is 11.3 Å². The van der Waals surface area contributed by atoms with Crippen LogP contribution in [0.5, 0.6) is 0 Å². The fraction of sp³-hybridized carbons (Fsp3) is 0.562. The van der Waals surface area contributed by atoms with E-state index >= 15 is 0 Å². The Labute approximate surface area is 128 Å². The lowest BCUT2D eigenvalue weighted by molar-refractivity contribution is -0.148. The predicted molar refractivity (Wildman–Crippen MR) is 80.8 cm³/mol. The standard InChI is InChI=1S/C16H20FNO2S/c1-20-15(19)16(18-12-5-6-12)8-7-14(10-16)21-13-4-2-3-11(17)9-13/h2-4,9,12,14,18H,5-8,10H2,1H3. The summed E-state index contributed by atoms with van der Waals surface area (Å²) in [5.74, 6) is -0.370. The van der Waals surface area contributed by atoms with E-state index in [0.717, 1.165) is 37.0 Å². The number of ether oxygens (including phenoxy) is 1. The first kappa shape index (κ1) is 14.9. The van der Waals surface area contributed by atoms with E-state index in [1.165, 1.54) is 13.2 Å². The molecule has 0 heterocycles. The van der Waals surface area contributed by atoms with E-state index < -0.39 is 5.54 Å². The third-order valence-corrected chi connectivity index (χ3v) is 5.46. The van der Waals surface area contributed by atoms with Crippen LogP contribution in [-0.4, -0.2) is 29.9 Å². The second kappa shape index (κ2) is 5.97. The highest BCUT2D eigenvalue weighted by atomic mass is 32.2. The fourth-order valence-electron chi connectivity index (χ4n) is 3.02. The molecule has 0 spiro atoms. The number of carbonyl (C=O) groups is 1. The first-order valence-electron chi connectivity index (χ1n) is 7.40. The summed E-state index contributed by atoms with van der Waals surface area (Å²) in [5, 5.41) is 3.80. The highest BCUT2D eigenvalue weighted by Gasteiger charge is 2.48. The molecule has 0 saturated heterocycles. The summed E-state index contributed by atoms with van der Waals surface area (Å²) >= 11 is 1.66. The van der Waals surface area contributed by atoms with Gasteiger partial charge in [0, 0.05) is 16.2 Å². The van der Waals surface area contributed by atoms with Crippen molar-refractivity contribution in [3.63, 3.8) is 0 Å². The third kappa shape index (κ3) is 3.40. The van der Waals surface area contributed by atoms with Crippen LogP contribution in [-0.2, 0) is 9.53 Å². The Balaban J connectivity index is 1.68.